The average molecular weight is 220 g/mol. The van der Waals surface area contributed by atoms with Gasteiger partial charge in [0.25, 0.3) is 0 Å². The summed E-state index contributed by atoms with van der Waals surface area (Å²) in [6, 6.07) is 0. The normalized spacial score (nSPS) is 22.1. The Morgan fingerprint density at radius 2 is 1.79 bits per heavy atom. The van der Waals surface area contributed by atoms with Gasteiger partial charge in [0.1, 0.15) is 0 Å². The summed E-state index contributed by atoms with van der Waals surface area (Å²) < 4.78 is 25.3. The van der Waals surface area contributed by atoms with Gasteiger partial charge < -0.3 is 5.32 Å². The highest BCUT2D eigenvalue weighted by atomic mass is 32.2. The lowest BCUT2D eigenvalue weighted by Gasteiger charge is -2.37. The zero-order chi connectivity index (χ0) is 10.7. The molecule has 1 fully saturated rings. The largest absolute Gasteiger partial charge is 0.318 e. The number of rotatable bonds is 4. The Balaban J connectivity index is 2.70. The van der Waals surface area contributed by atoms with Crippen LogP contribution in [0.5, 0.6) is 0 Å². The van der Waals surface area contributed by atoms with Crippen molar-refractivity contribution >= 4 is 10.0 Å². The van der Waals surface area contributed by atoms with Gasteiger partial charge in [-0.05, 0) is 19.9 Å². The molecule has 4 nitrogen and oxygen atoms in total. The summed E-state index contributed by atoms with van der Waals surface area (Å²) in [6.45, 7) is 0.722. The SMILES string of the molecule is CNCC1(NS(C)(=O)=O)CCCCC1. The smallest absolute Gasteiger partial charge is 0.209 e. The Morgan fingerprint density at radius 1 is 1.21 bits per heavy atom. The van der Waals surface area contributed by atoms with E-state index in [1.54, 1.807) is 0 Å². The van der Waals surface area contributed by atoms with Crippen LogP contribution in [0.25, 0.3) is 0 Å². The van der Waals surface area contributed by atoms with Gasteiger partial charge in [0, 0.05) is 12.1 Å². The summed E-state index contributed by atoms with van der Waals surface area (Å²) in [5.74, 6) is 0. The molecule has 5 heteroatoms. The highest BCUT2D eigenvalue weighted by molar-refractivity contribution is 7.88. The maximum Gasteiger partial charge on any atom is 0.209 e. The van der Waals surface area contributed by atoms with Crippen LogP contribution in [-0.4, -0.2) is 33.8 Å². The highest BCUT2D eigenvalue weighted by Gasteiger charge is 2.33. The van der Waals surface area contributed by atoms with Crippen LogP contribution in [0.15, 0.2) is 0 Å². The van der Waals surface area contributed by atoms with Gasteiger partial charge in [0.05, 0.1) is 6.26 Å². The minimum absolute atomic E-state index is 0.236. The predicted octanol–water partition coefficient (Wildman–Crippen LogP) is 0.458. The first-order valence-electron chi connectivity index (χ1n) is 5.11. The zero-order valence-corrected chi connectivity index (χ0v) is 9.78. The van der Waals surface area contributed by atoms with Crippen LogP contribution < -0.4 is 10.0 Å². The molecule has 0 aromatic heterocycles. The molecule has 1 aliphatic rings. The molecule has 1 aliphatic carbocycles. The van der Waals surface area contributed by atoms with Crippen molar-refractivity contribution in [1.29, 1.82) is 0 Å². The Hall–Kier alpha value is -0.130. The van der Waals surface area contributed by atoms with Crippen molar-refractivity contribution in [3.05, 3.63) is 0 Å². The van der Waals surface area contributed by atoms with Crippen LogP contribution in [0.3, 0.4) is 0 Å². The first kappa shape index (κ1) is 11.9. The monoisotopic (exact) mass is 220 g/mol. The third-order valence-electron chi connectivity index (χ3n) is 2.73. The second-order valence-electron chi connectivity index (χ2n) is 4.25. The third kappa shape index (κ3) is 3.55. The standard InChI is InChI=1S/C9H20N2O2S/c1-10-8-9(11-14(2,12)13)6-4-3-5-7-9/h10-11H,3-8H2,1-2H3. The van der Waals surface area contributed by atoms with Crippen LogP contribution >= 0.6 is 0 Å². The summed E-state index contributed by atoms with van der Waals surface area (Å²) in [7, 11) is -1.23. The van der Waals surface area contributed by atoms with Crippen LogP contribution in [-0.2, 0) is 10.0 Å². The predicted molar refractivity (Wildman–Crippen MR) is 57.7 cm³/mol. The number of sulfonamides is 1. The van der Waals surface area contributed by atoms with Crippen molar-refractivity contribution in [1.82, 2.24) is 10.0 Å². The van der Waals surface area contributed by atoms with Crippen LogP contribution in [0.4, 0.5) is 0 Å². The molecule has 0 bridgehead atoms. The van der Waals surface area contributed by atoms with E-state index in [4.69, 9.17) is 0 Å². The second-order valence-corrected chi connectivity index (χ2v) is 5.99. The fourth-order valence-corrected chi connectivity index (χ4v) is 3.34. The molecule has 0 unspecified atom stereocenters. The van der Waals surface area contributed by atoms with Crippen molar-refractivity contribution in [2.24, 2.45) is 0 Å². The maximum atomic E-state index is 11.2. The molecule has 0 aromatic rings. The van der Waals surface area contributed by atoms with Gasteiger partial charge in [-0.2, -0.15) is 0 Å². The van der Waals surface area contributed by atoms with Crippen LogP contribution in [0, 0.1) is 0 Å². The number of nitrogens with one attached hydrogen (secondary N) is 2. The summed E-state index contributed by atoms with van der Waals surface area (Å²) in [5, 5.41) is 3.07. The van der Waals surface area contributed by atoms with E-state index in [9.17, 15) is 8.42 Å². The number of hydrogen-bond acceptors (Lipinski definition) is 3. The van der Waals surface area contributed by atoms with Gasteiger partial charge in [0.2, 0.25) is 10.0 Å². The lowest BCUT2D eigenvalue weighted by molar-refractivity contribution is 0.264. The minimum Gasteiger partial charge on any atom is -0.318 e. The first-order valence-corrected chi connectivity index (χ1v) is 7.00. The molecule has 1 rings (SSSR count). The number of hydrogen-bond donors (Lipinski definition) is 2. The number of likely N-dealkylation sites (N-methyl/N-ethyl adjacent to an activating group) is 1. The van der Waals surface area contributed by atoms with Crippen LogP contribution in [0.2, 0.25) is 0 Å². The molecule has 0 spiro atoms. The highest BCUT2D eigenvalue weighted by Crippen LogP contribution is 2.28. The fraction of sp³-hybridized carbons (Fsp3) is 1.00. The van der Waals surface area contributed by atoms with E-state index in [2.05, 4.69) is 10.0 Å². The lowest BCUT2D eigenvalue weighted by atomic mass is 9.82. The van der Waals surface area contributed by atoms with Gasteiger partial charge >= 0.3 is 0 Å². The van der Waals surface area contributed by atoms with Gasteiger partial charge in [-0.3, -0.25) is 0 Å². The minimum atomic E-state index is -3.09. The van der Waals surface area contributed by atoms with Gasteiger partial charge in [-0.15, -0.1) is 0 Å². The Bertz CT molecular complexity index is 263. The molecule has 2 N–H and O–H groups in total. The molecule has 0 saturated heterocycles. The summed E-state index contributed by atoms with van der Waals surface area (Å²) in [4.78, 5) is 0. The molecule has 1 saturated carbocycles. The van der Waals surface area contributed by atoms with Crippen molar-refractivity contribution in [3.63, 3.8) is 0 Å². The molecule has 0 amide bonds. The van der Waals surface area contributed by atoms with Crippen molar-refractivity contribution < 1.29 is 8.42 Å². The van der Waals surface area contributed by atoms with E-state index in [1.165, 1.54) is 12.7 Å². The molecule has 84 valence electrons. The average Bonchev–Trinajstić information content (AvgIpc) is 2.02. The van der Waals surface area contributed by atoms with Crippen molar-refractivity contribution in [2.75, 3.05) is 19.8 Å². The van der Waals surface area contributed by atoms with E-state index >= 15 is 0 Å². The summed E-state index contributed by atoms with van der Waals surface area (Å²) >= 11 is 0. The molecule has 0 atom stereocenters. The second kappa shape index (κ2) is 4.59. The van der Waals surface area contributed by atoms with Crippen LogP contribution in [0.1, 0.15) is 32.1 Å². The lowest BCUT2D eigenvalue weighted by Crippen LogP contribution is -2.54. The van der Waals surface area contributed by atoms with Gasteiger partial charge in [0.15, 0.2) is 0 Å². The topological polar surface area (TPSA) is 58.2 Å². The summed E-state index contributed by atoms with van der Waals surface area (Å²) in [6.07, 6.45) is 6.58. The third-order valence-corrected chi connectivity index (χ3v) is 3.53. The summed E-state index contributed by atoms with van der Waals surface area (Å²) in [5.41, 5.74) is -0.236. The van der Waals surface area contributed by atoms with Crippen molar-refractivity contribution in [2.45, 2.75) is 37.6 Å². The van der Waals surface area contributed by atoms with Crippen molar-refractivity contribution in [3.8, 4) is 0 Å². The Labute approximate surface area is 86.5 Å². The molecule has 0 heterocycles. The Morgan fingerprint density at radius 3 is 2.21 bits per heavy atom. The Kier molecular flexibility index (Phi) is 3.92. The van der Waals surface area contributed by atoms with Gasteiger partial charge in [-0.1, -0.05) is 19.3 Å². The maximum absolute atomic E-state index is 11.2. The van der Waals surface area contributed by atoms with E-state index in [1.807, 2.05) is 7.05 Å². The van der Waals surface area contributed by atoms with Gasteiger partial charge in [-0.25, -0.2) is 13.1 Å². The quantitative estimate of drug-likeness (QED) is 0.723. The zero-order valence-electron chi connectivity index (χ0n) is 8.97. The molecule has 0 aromatic carbocycles. The van der Waals surface area contributed by atoms with E-state index in [0.717, 1.165) is 32.2 Å². The van der Waals surface area contributed by atoms with E-state index < -0.39 is 10.0 Å². The van der Waals surface area contributed by atoms with E-state index in [-0.39, 0.29) is 5.54 Å². The molecular weight excluding hydrogens is 200 g/mol. The molecule has 0 aliphatic heterocycles. The molecule has 0 radical (unpaired) electrons. The molecular formula is C9H20N2O2S. The first-order chi connectivity index (χ1) is 6.47. The van der Waals surface area contributed by atoms with E-state index in [0.29, 0.717) is 0 Å². The fourth-order valence-electron chi connectivity index (χ4n) is 2.28. The molecule has 14 heavy (non-hydrogen) atoms.